The minimum atomic E-state index is -0.808. The molecule has 4 rings (SSSR count). The van der Waals surface area contributed by atoms with Crippen LogP contribution in [-0.2, 0) is 9.59 Å². The predicted molar refractivity (Wildman–Crippen MR) is 122 cm³/mol. The molecule has 0 bridgehead atoms. The first-order valence-corrected chi connectivity index (χ1v) is 11.4. The number of imide groups is 1. The normalized spacial score (nSPS) is 19.6. The van der Waals surface area contributed by atoms with Gasteiger partial charge in [-0.2, -0.15) is 5.01 Å². The van der Waals surface area contributed by atoms with Crippen LogP contribution in [0.1, 0.15) is 46.4 Å². The molecule has 9 nitrogen and oxygen atoms in total. The third kappa shape index (κ3) is 4.41. The second kappa shape index (κ2) is 9.52. The summed E-state index contributed by atoms with van der Waals surface area (Å²) in [4.78, 5) is 63.2. The maximum absolute atomic E-state index is 13.5. The number of benzene rings is 2. The van der Waals surface area contributed by atoms with E-state index in [0.717, 1.165) is 35.0 Å². The lowest BCUT2D eigenvalue weighted by molar-refractivity contribution is -0.384. The number of nitro benzene ring substituents is 1. The highest BCUT2D eigenvalue weighted by molar-refractivity contribution is 6.36. The number of ketones is 1. The SMILES string of the molecule is O=C(CN(C(=O)c1ccc(Cl)cc1Cl)N1C(=O)[C@@H]2CCCC[C@H]2C1=O)c1ccc([N+](=O)[O-])cc1. The molecule has 2 fully saturated rings. The van der Waals surface area contributed by atoms with Gasteiger partial charge in [-0.15, -0.1) is 0 Å². The minimum absolute atomic E-state index is 0.00166. The van der Waals surface area contributed by atoms with Gasteiger partial charge in [0.2, 0.25) is 0 Å². The van der Waals surface area contributed by atoms with Crippen LogP contribution in [0, 0.1) is 22.0 Å². The summed E-state index contributed by atoms with van der Waals surface area (Å²) in [5, 5.41) is 12.8. The molecule has 34 heavy (non-hydrogen) atoms. The van der Waals surface area contributed by atoms with Crippen molar-refractivity contribution in [2.75, 3.05) is 6.54 Å². The van der Waals surface area contributed by atoms with E-state index in [0.29, 0.717) is 12.8 Å². The minimum Gasteiger partial charge on any atom is -0.292 e. The van der Waals surface area contributed by atoms with E-state index in [2.05, 4.69) is 0 Å². The second-order valence-electron chi connectivity index (χ2n) is 8.20. The first kappa shape index (κ1) is 23.8. The fourth-order valence-corrected chi connectivity index (χ4v) is 4.90. The van der Waals surface area contributed by atoms with Crippen LogP contribution >= 0.6 is 23.2 Å². The summed E-state index contributed by atoms with van der Waals surface area (Å²) in [5.74, 6) is -3.53. The first-order valence-electron chi connectivity index (χ1n) is 10.6. The van der Waals surface area contributed by atoms with Gasteiger partial charge in [0.15, 0.2) is 5.78 Å². The molecule has 1 saturated heterocycles. The molecule has 11 heteroatoms. The Morgan fingerprint density at radius 2 is 1.59 bits per heavy atom. The molecular weight excluding hydrogens is 485 g/mol. The van der Waals surface area contributed by atoms with Crippen LogP contribution in [0.2, 0.25) is 10.0 Å². The Labute approximate surface area is 204 Å². The van der Waals surface area contributed by atoms with E-state index in [4.69, 9.17) is 23.2 Å². The maximum Gasteiger partial charge on any atom is 0.274 e. The Balaban J connectivity index is 1.70. The molecule has 1 aliphatic carbocycles. The number of carbonyl (C=O) groups excluding carboxylic acids is 4. The highest BCUT2D eigenvalue weighted by atomic mass is 35.5. The molecule has 3 amide bonds. The monoisotopic (exact) mass is 503 g/mol. The molecule has 1 heterocycles. The molecule has 2 aromatic carbocycles. The van der Waals surface area contributed by atoms with E-state index < -0.39 is 46.8 Å². The summed E-state index contributed by atoms with van der Waals surface area (Å²) < 4.78 is 0. The Bertz CT molecular complexity index is 1180. The quantitative estimate of drug-likeness (QED) is 0.250. The first-order chi connectivity index (χ1) is 16.2. The Morgan fingerprint density at radius 1 is 1.00 bits per heavy atom. The van der Waals surface area contributed by atoms with E-state index in [1.54, 1.807) is 0 Å². The van der Waals surface area contributed by atoms with Gasteiger partial charge in [0.25, 0.3) is 23.4 Å². The van der Waals surface area contributed by atoms with Crippen LogP contribution in [0.4, 0.5) is 5.69 Å². The molecule has 176 valence electrons. The fraction of sp³-hybridized carbons (Fsp3) is 0.304. The summed E-state index contributed by atoms with van der Waals surface area (Å²) in [6.07, 6.45) is 2.66. The zero-order chi connectivity index (χ0) is 24.6. The Hall–Kier alpha value is -3.30. The number of hydrogen-bond acceptors (Lipinski definition) is 6. The van der Waals surface area contributed by atoms with E-state index in [1.165, 1.54) is 30.3 Å². The standard InChI is InChI=1S/C23H19Cl2N3O6/c24-14-7-10-18(19(25)11-14)21(30)26(12-20(29)13-5-8-15(9-6-13)28(33)34)27-22(31)16-3-1-2-4-17(16)23(27)32/h5-11,16-17H,1-4,12H2/t16-,17-/m1/s1. The number of rotatable bonds is 6. The molecule has 0 unspecified atom stereocenters. The van der Waals surface area contributed by atoms with Gasteiger partial charge in [-0.1, -0.05) is 36.0 Å². The number of halogens is 2. The third-order valence-corrected chi connectivity index (χ3v) is 6.70. The lowest BCUT2D eigenvalue weighted by Gasteiger charge is -2.30. The van der Waals surface area contributed by atoms with Crippen LogP contribution in [0.3, 0.4) is 0 Å². The fourth-order valence-electron chi connectivity index (χ4n) is 4.41. The molecule has 2 aliphatic rings. The van der Waals surface area contributed by atoms with Crippen LogP contribution in [0.15, 0.2) is 42.5 Å². The number of fused-ring (bicyclic) bond motifs is 1. The van der Waals surface area contributed by atoms with Gasteiger partial charge >= 0.3 is 0 Å². The lowest BCUT2D eigenvalue weighted by atomic mass is 9.81. The van der Waals surface area contributed by atoms with Gasteiger partial charge in [0.05, 0.1) is 27.3 Å². The summed E-state index contributed by atoms with van der Waals surface area (Å²) in [7, 11) is 0. The Morgan fingerprint density at radius 3 is 2.12 bits per heavy atom. The van der Waals surface area contributed by atoms with Crippen molar-refractivity contribution >= 4 is 52.4 Å². The van der Waals surface area contributed by atoms with Crippen molar-refractivity contribution in [2.45, 2.75) is 25.7 Å². The van der Waals surface area contributed by atoms with Crippen molar-refractivity contribution in [1.82, 2.24) is 10.0 Å². The molecule has 1 saturated carbocycles. The molecule has 1 aliphatic heterocycles. The molecule has 0 N–H and O–H groups in total. The summed E-state index contributed by atoms with van der Waals surface area (Å²) in [5.41, 5.74) is -0.147. The average Bonchev–Trinajstić information content (AvgIpc) is 3.07. The van der Waals surface area contributed by atoms with Crippen LogP contribution in [-0.4, -0.2) is 45.0 Å². The number of amides is 3. The molecule has 0 aromatic heterocycles. The van der Waals surface area contributed by atoms with E-state index >= 15 is 0 Å². The largest absolute Gasteiger partial charge is 0.292 e. The number of Topliss-reactive ketones (excluding diaryl/α,β-unsaturated/α-hetero) is 1. The smallest absolute Gasteiger partial charge is 0.274 e. The molecule has 2 atom stereocenters. The average molecular weight is 504 g/mol. The third-order valence-electron chi connectivity index (χ3n) is 6.15. The van der Waals surface area contributed by atoms with Gasteiger partial charge in [-0.05, 0) is 43.2 Å². The van der Waals surface area contributed by atoms with Gasteiger partial charge in [-0.3, -0.25) is 29.3 Å². The van der Waals surface area contributed by atoms with E-state index in [9.17, 15) is 29.3 Å². The Kier molecular flexibility index (Phi) is 6.67. The zero-order valence-corrected chi connectivity index (χ0v) is 19.3. The zero-order valence-electron chi connectivity index (χ0n) is 17.8. The molecule has 2 aromatic rings. The highest BCUT2D eigenvalue weighted by Crippen LogP contribution is 2.39. The maximum atomic E-state index is 13.5. The van der Waals surface area contributed by atoms with Crippen molar-refractivity contribution in [3.05, 3.63) is 73.8 Å². The lowest BCUT2D eigenvalue weighted by Crippen LogP contribution is -2.52. The second-order valence-corrected chi connectivity index (χ2v) is 9.04. The van der Waals surface area contributed by atoms with Crippen molar-refractivity contribution in [1.29, 1.82) is 0 Å². The van der Waals surface area contributed by atoms with E-state index in [1.807, 2.05) is 0 Å². The number of non-ortho nitro benzene ring substituents is 1. The summed E-state index contributed by atoms with van der Waals surface area (Å²) in [6, 6.07) is 8.98. The van der Waals surface area contributed by atoms with Crippen molar-refractivity contribution in [3.8, 4) is 0 Å². The van der Waals surface area contributed by atoms with Crippen LogP contribution in [0.25, 0.3) is 0 Å². The van der Waals surface area contributed by atoms with Gasteiger partial charge < -0.3 is 0 Å². The number of nitrogens with zero attached hydrogens (tertiary/aromatic N) is 3. The molecule has 0 radical (unpaired) electrons. The van der Waals surface area contributed by atoms with Crippen molar-refractivity contribution in [2.24, 2.45) is 11.8 Å². The summed E-state index contributed by atoms with van der Waals surface area (Å²) >= 11 is 12.1. The predicted octanol–water partition coefficient (Wildman–Crippen LogP) is 4.32. The van der Waals surface area contributed by atoms with Crippen LogP contribution < -0.4 is 0 Å². The number of hydrazine groups is 1. The summed E-state index contributed by atoms with van der Waals surface area (Å²) in [6.45, 7) is -0.632. The van der Waals surface area contributed by atoms with Crippen molar-refractivity contribution < 1.29 is 24.1 Å². The van der Waals surface area contributed by atoms with Crippen LogP contribution in [0.5, 0.6) is 0 Å². The number of nitro groups is 1. The molecule has 0 spiro atoms. The van der Waals surface area contributed by atoms with Gasteiger partial charge in [-0.25, -0.2) is 5.01 Å². The topological polar surface area (TPSA) is 118 Å². The van der Waals surface area contributed by atoms with E-state index in [-0.39, 0.29) is 26.9 Å². The number of carbonyl (C=O) groups is 4. The number of hydrogen-bond donors (Lipinski definition) is 0. The molecular formula is C23H19Cl2N3O6. The van der Waals surface area contributed by atoms with Gasteiger partial charge in [0.1, 0.15) is 6.54 Å². The highest BCUT2D eigenvalue weighted by Gasteiger charge is 2.52. The van der Waals surface area contributed by atoms with Gasteiger partial charge in [0, 0.05) is 22.7 Å². The van der Waals surface area contributed by atoms with Crippen molar-refractivity contribution in [3.63, 3.8) is 0 Å².